The van der Waals surface area contributed by atoms with Crippen molar-refractivity contribution in [2.24, 2.45) is 5.92 Å². The molecule has 1 aromatic heterocycles. The van der Waals surface area contributed by atoms with Crippen LogP contribution < -0.4 is 10.6 Å². The summed E-state index contributed by atoms with van der Waals surface area (Å²) in [6.07, 6.45) is -0.947. The van der Waals surface area contributed by atoms with E-state index in [-0.39, 0.29) is 30.6 Å². The average Bonchev–Trinajstić information content (AvgIpc) is 2.94. The molecule has 1 aliphatic rings. The number of hydrogen-bond donors (Lipinski definition) is 3. The zero-order valence-corrected chi connectivity index (χ0v) is 23.5. The van der Waals surface area contributed by atoms with E-state index in [2.05, 4.69) is 15.6 Å². The van der Waals surface area contributed by atoms with Gasteiger partial charge < -0.3 is 25.0 Å². The number of aromatic nitrogens is 1. The van der Waals surface area contributed by atoms with Crippen molar-refractivity contribution in [2.75, 3.05) is 13.6 Å². The third-order valence-electron chi connectivity index (χ3n) is 6.57. The zero-order chi connectivity index (χ0) is 29.4. The Morgan fingerprint density at radius 2 is 1.73 bits per heavy atom. The van der Waals surface area contributed by atoms with Gasteiger partial charge in [-0.3, -0.25) is 24.1 Å². The first-order valence-corrected chi connectivity index (χ1v) is 13.4. The van der Waals surface area contributed by atoms with Crippen LogP contribution in [0, 0.1) is 5.92 Å². The summed E-state index contributed by atoms with van der Waals surface area (Å²) < 4.78 is 11.0. The topological polar surface area (TPSA) is 147 Å². The summed E-state index contributed by atoms with van der Waals surface area (Å²) in [5.74, 6) is -3.48. The van der Waals surface area contributed by atoms with Crippen LogP contribution in [0.25, 0.3) is 11.3 Å². The van der Waals surface area contributed by atoms with Crippen molar-refractivity contribution in [1.29, 1.82) is 0 Å². The summed E-state index contributed by atoms with van der Waals surface area (Å²) in [7, 11) is 0.326. The first kappa shape index (κ1) is 30.8. The Morgan fingerprint density at radius 3 is 2.38 bits per heavy atom. The monoisotopic (exact) mass is 552 g/mol. The Hall–Kier alpha value is -3.77. The van der Waals surface area contributed by atoms with Crippen LogP contribution in [-0.2, 0) is 23.7 Å². The molecular weight excluding hydrogens is 515 g/mol. The number of carbonyl (C=O) groups is 4. The van der Waals surface area contributed by atoms with E-state index in [9.17, 15) is 24.3 Å². The van der Waals surface area contributed by atoms with E-state index >= 15 is 0 Å². The van der Waals surface area contributed by atoms with Gasteiger partial charge in [0.05, 0.1) is 30.7 Å². The molecule has 0 unspecified atom stereocenters. The second-order valence-corrected chi connectivity index (χ2v) is 10.5. The van der Waals surface area contributed by atoms with Gasteiger partial charge in [0.2, 0.25) is 5.91 Å². The lowest BCUT2D eigenvalue weighted by atomic mass is 9.73. The fourth-order valence-electron chi connectivity index (χ4n) is 4.26. The van der Waals surface area contributed by atoms with Gasteiger partial charge in [0.25, 0.3) is 11.9 Å². The predicted molar refractivity (Wildman–Crippen MR) is 149 cm³/mol. The number of carbonyl (C=O) groups excluding carboxylic acids is 4. The standard InChI is InChI=1S/C28H37BN4O7/c1-17(2)14-23(29-39-24(35)15-18(3)33(5)16-25(36)40-29)31-28(38)26(19(4)34)32-27(37)22-13-9-12-21(30-22)20-10-7-6-8-11-20/h6-13,17-19,23,26,34H,14-16H2,1-5H3,(H,31,38)(H,32,37)/t18-,19+,23-,26-/m0/s1. The fourth-order valence-corrected chi connectivity index (χ4v) is 4.26. The van der Waals surface area contributed by atoms with Crippen LogP contribution in [0.15, 0.2) is 48.5 Å². The van der Waals surface area contributed by atoms with Gasteiger partial charge in [-0.05, 0) is 45.4 Å². The minimum absolute atomic E-state index is 0.0152. The third kappa shape index (κ3) is 8.62. The van der Waals surface area contributed by atoms with Crippen molar-refractivity contribution in [2.45, 2.75) is 64.7 Å². The van der Waals surface area contributed by atoms with E-state index in [0.717, 1.165) is 5.56 Å². The summed E-state index contributed by atoms with van der Waals surface area (Å²) in [5.41, 5.74) is 1.46. The van der Waals surface area contributed by atoms with E-state index in [0.29, 0.717) is 12.1 Å². The maximum absolute atomic E-state index is 13.4. The van der Waals surface area contributed by atoms with Crippen molar-refractivity contribution in [1.82, 2.24) is 20.5 Å². The van der Waals surface area contributed by atoms with Gasteiger partial charge in [-0.2, -0.15) is 0 Å². The van der Waals surface area contributed by atoms with Crippen LogP contribution in [0.3, 0.4) is 0 Å². The van der Waals surface area contributed by atoms with E-state index in [4.69, 9.17) is 9.31 Å². The predicted octanol–water partition coefficient (Wildman–Crippen LogP) is 1.60. The molecule has 214 valence electrons. The van der Waals surface area contributed by atoms with Crippen LogP contribution in [0.2, 0.25) is 0 Å². The maximum Gasteiger partial charge on any atom is 0.622 e. The number of benzene rings is 1. The molecule has 1 aromatic carbocycles. The molecule has 0 bridgehead atoms. The van der Waals surface area contributed by atoms with Gasteiger partial charge in [0.15, 0.2) is 0 Å². The number of pyridine rings is 1. The molecule has 0 radical (unpaired) electrons. The molecule has 3 N–H and O–H groups in total. The molecule has 1 fully saturated rings. The number of aliphatic hydroxyl groups is 1. The smallest absolute Gasteiger partial charge is 0.498 e. The SMILES string of the molecule is CC(C)C[C@H](NC(=O)[C@@H](NC(=O)c1cccc(-c2ccccc2)n1)[C@@H](C)O)B1OC(=O)C[C@H](C)N(C)CC(=O)O1. The number of nitrogens with zero attached hydrogens (tertiary/aromatic N) is 2. The van der Waals surface area contributed by atoms with Gasteiger partial charge in [0, 0.05) is 11.6 Å². The number of amides is 2. The molecule has 12 heteroatoms. The summed E-state index contributed by atoms with van der Waals surface area (Å²) in [6, 6.07) is 12.7. The first-order valence-electron chi connectivity index (χ1n) is 13.4. The summed E-state index contributed by atoms with van der Waals surface area (Å²) >= 11 is 0. The minimum Gasteiger partial charge on any atom is -0.498 e. The van der Waals surface area contributed by atoms with Crippen molar-refractivity contribution in [3.63, 3.8) is 0 Å². The molecule has 11 nitrogen and oxygen atoms in total. The molecule has 0 spiro atoms. The summed E-state index contributed by atoms with van der Waals surface area (Å²) in [5, 5.41) is 15.7. The zero-order valence-electron chi connectivity index (χ0n) is 23.5. The van der Waals surface area contributed by atoms with Crippen LogP contribution in [0.5, 0.6) is 0 Å². The Labute approximate surface area is 234 Å². The molecular formula is C28H37BN4O7. The second kappa shape index (κ2) is 14.0. The van der Waals surface area contributed by atoms with Gasteiger partial charge >= 0.3 is 13.1 Å². The Kier molecular flexibility index (Phi) is 10.8. The average molecular weight is 552 g/mol. The number of hydrogen-bond acceptors (Lipinski definition) is 9. The van der Waals surface area contributed by atoms with Crippen molar-refractivity contribution >= 4 is 30.9 Å². The quantitative estimate of drug-likeness (QED) is 0.395. The molecule has 1 saturated heterocycles. The van der Waals surface area contributed by atoms with Crippen LogP contribution in [0.1, 0.15) is 51.0 Å². The Balaban J connectivity index is 1.78. The molecule has 1 aliphatic heterocycles. The molecule has 3 rings (SSSR count). The normalized spacial score (nSPS) is 18.9. The lowest BCUT2D eigenvalue weighted by Gasteiger charge is -2.27. The number of likely N-dealkylation sites (N-methyl/N-ethyl adjacent to an activating group) is 1. The van der Waals surface area contributed by atoms with E-state index in [1.54, 1.807) is 31.0 Å². The minimum atomic E-state index is -1.38. The van der Waals surface area contributed by atoms with Crippen LogP contribution in [0.4, 0.5) is 0 Å². The molecule has 2 heterocycles. The lowest BCUT2D eigenvalue weighted by molar-refractivity contribution is -0.140. The van der Waals surface area contributed by atoms with Crippen molar-refractivity contribution < 1.29 is 33.6 Å². The van der Waals surface area contributed by atoms with Gasteiger partial charge in [0.1, 0.15) is 11.7 Å². The molecule has 40 heavy (non-hydrogen) atoms. The van der Waals surface area contributed by atoms with Crippen LogP contribution >= 0.6 is 0 Å². The first-order chi connectivity index (χ1) is 18.9. The fraction of sp³-hybridized carbons (Fsp3) is 0.464. The number of aliphatic hydroxyl groups excluding tert-OH is 1. The molecule has 0 saturated carbocycles. The molecule has 4 atom stereocenters. The van der Waals surface area contributed by atoms with E-state index in [1.807, 2.05) is 44.2 Å². The molecule has 0 aliphatic carbocycles. The second-order valence-electron chi connectivity index (χ2n) is 10.5. The van der Waals surface area contributed by atoms with Gasteiger partial charge in [-0.15, -0.1) is 0 Å². The third-order valence-corrected chi connectivity index (χ3v) is 6.57. The molecule has 2 aromatic rings. The summed E-state index contributed by atoms with van der Waals surface area (Å²) in [4.78, 5) is 57.6. The highest BCUT2D eigenvalue weighted by Gasteiger charge is 2.42. The maximum atomic E-state index is 13.4. The van der Waals surface area contributed by atoms with E-state index < -0.39 is 49.0 Å². The number of nitrogens with one attached hydrogen (secondary N) is 2. The summed E-state index contributed by atoms with van der Waals surface area (Å²) in [6.45, 7) is 6.90. The van der Waals surface area contributed by atoms with Crippen molar-refractivity contribution in [3.8, 4) is 11.3 Å². The highest BCUT2D eigenvalue weighted by atomic mass is 16.6. The largest absolute Gasteiger partial charge is 0.622 e. The lowest BCUT2D eigenvalue weighted by Crippen LogP contribution is -2.59. The van der Waals surface area contributed by atoms with E-state index in [1.165, 1.54) is 13.0 Å². The number of rotatable bonds is 9. The van der Waals surface area contributed by atoms with Crippen molar-refractivity contribution in [3.05, 3.63) is 54.2 Å². The highest BCUT2D eigenvalue weighted by molar-refractivity contribution is 6.51. The van der Waals surface area contributed by atoms with Crippen LogP contribution in [-0.4, -0.2) is 83.6 Å². The molecule has 2 amide bonds. The van der Waals surface area contributed by atoms with Gasteiger partial charge in [-0.25, -0.2) is 4.98 Å². The van der Waals surface area contributed by atoms with Gasteiger partial charge in [-0.1, -0.05) is 50.2 Å². The highest BCUT2D eigenvalue weighted by Crippen LogP contribution is 2.17. The Morgan fingerprint density at radius 1 is 1.05 bits per heavy atom. The Bertz CT molecular complexity index is 1170.